The largest absolute Gasteiger partial charge is 0.490 e. The number of hydrogen-bond donors (Lipinski definition) is 2. The molecule has 0 aliphatic rings. The fourth-order valence-corrected chi connectivity index (χ4v) is 2.97. The zero-order chi connectivity index (χ0) is 24.6. The van der Waals surface area contributed by atoms with Crippen molar-refractivity contribution in [2.45, 2.75) is 12.7 Å². The Hall–Kier alpha value is -3.36. The molecule has 174 valence electrons. The Kier molecular flexibility index (Phi) is 9.02. The van der Waals surface area contributed by atoms with Crippen LogP contribution in [0.1, 0.15) is 15.9 Å². The highest BCUT2D eigenvalue weighted by molar-refractivity contribution is 6.31. The van der Waals surface area contributed by atoms with Crippen molar-refractivity contribution in [2.24, 2.45) is 0 Å². The van der Waals surface area contributed by atoms with Crippen molar-refractivity contribution < 1.29 is 27.9 Å². The normalized spacial score (nSPS) is 10.9. The molecule has 33 heavy (non-hydrogen) atoms. The van der Waals surface area contributed by atoms with E-state index in [0.717, 1.165) is 23.4 Å². The summed E-state index contributed by atoms with van der Waals surface area (Å²) >= 11 is 5.96. The van der Waals surface area contributed by atoms with Gasteiger partial charge in [-0.3, -0.25) is 4.79 Å². The first kappa shape index (κ1) is 25.9. The molecule has 1 amide bonds. The summed E-state index contributed by atoms with van der Waals surface area (Å²) in [5, 5.41) is 10.6. The van der Waals surface area contributed by atoms with Gasteiger partial charge in [0.25, 0.3) is 5.91 Å². The summed E-state index contributed by atoms with van der Waals surface area (Å²) in [5.41, 5.74) is 4.74. The lowest BCUT2D eigenvalue weighted by Crippen LogP contribution is -2.21. The number of alkyl halides is 3. The molecule has 0 aliphatic heterocycles. The van der Waals surface area contributed by atoms with Crippen molar-refractivity contribution in [1.29, 1.82) is 0 Å². The highest BCUT2D eigenvalue weighted by Crippen LogP contribution is 2.24. The Morgan fingerprint density at radius 3 is 2.09 bits per heavy atom. The van der Waals surface area contributed by atoms with Gasteiger partial charge in [0.05, 0.1) is 0 Å². The van der Waals surface area contributed by atoms with Gasteiger partial charge in [-0.2, -0.15) is 13.2 Å². The Morgan fingerprint density at radius 2 is 1.55 bits per heavy atom. The molecular formula is C24H22ClF3N2O3. The monoisotopic (exact) mass is 478 g/mol. The molecule has 3 aromatic rings. The molecule has 3 aromatic carbocycles. The maximum Gasteiger partial charge on any atom is 0.490 e. The summed E-state index contributed by atoms with van der Waals surface area (Å²) in [6, 6.07) is 23.2. The fourth-order valence-electron chi connectivity index (χ4n) is 2.78. The van der Waals surface area contributed by atoms with Crippen LogP contribution in [0.15, 0.2) is 72.8 Å². The summed E-state index contributed by atoms with van der Waals surface area (Å²) in [6.07, 6.45) is -5.08. The number of carboxylic acids is 1. The number of nitrogens with one attached hydrogen (secondary N) is 1. The number of rotatable bonds is 5. The molecule has 3 rings (SSSR count). The highest BCUT2D eigenvalue weighted by atomic mass is 35.5. The molecule has 0 spiro atoms. The number of amides is 1. The zero-order valence-electron chi connectivity index (χ0n) is 17.9. The third-order valence-corrected chi connectivity index (χ3v) is 4.47. The molecule has 0 saturated heterocycles. The molecule has 0 heterocycles. The molecule has 0 bridgehead atoms. The van der Waals surface area contributed by atoms with E-state index in [1.807, 2.05) is 24.3 Å². The topological polar surface area (TPSA) is 69.6 Å². The van der Waals surface area contributed by atoms with Gasteiger partial charge >= 0.3 is 12.1 Å². The SMILES string of the molecule is CN(C)Cc1ccc(-c2cccc(NC(=O)c3cccc(Cl)c3)c2)cc1.O=C(O)C(F)(F)F. The molecule has 0 aliphatic carbocycles. The maximum absolute atomic E-state index is 12.4. The van der Waals surface area contributed by atoms with Crippen molar-refractivity contribution in [1.82, 2.24) is 4.90 Å². The van der Waals surface area contributed by atoms with Crippen LogP contribution in [-0.2, 0) is 11.3 Å². The second kappa shape index (κ2) is 11.5. The van der Waals surface area contributed by atoms with Crippen LogP contribution >= 0.6 is 11.6 Å². The second-order valence-corrected chi connectivity index (χ2v) is 7.72. The Balaban J connectivity index is 0.000000479. The van der Waals surface area contributed by atoms with Crippen LogP contribution in [0.5, 0.6) is 0 Å². The third-order valence-electron chi connectivity index (χ3n) is 4.24. The first-order valence-electron chi connectivity index (χ1n) is 9.67. The van der Waals surface area contributed by atoms with Gasteiger partial charge in [-0.25, -0.2) is 4.79 Å². The third kappa shape index (κ3) is 8.59. The van der Waals surface area contributed by atoms with E-state index in [-0.39, 0.29) is 5.91 Å². The van der Waals surface area contributed by atoms with Crippen molar-refractivity contribution in [3.05, 3.63) is 88.9 Å². The molecule has 0 aromatic heterocycles. The van der Waals surface area contributed by atoms with Gasteiger partial charge in [-0.1, -0.05) is 54.1 Å². The number of nitrogens with zero attached hydrogens (tertiary/aromatic N) is 1. The maximum atomic E-state index is 12.4. The standard InChI is InChI=1S/C22H21ClN2O.C2HF3O2/c1-25(2)15-16-9-11-17(12-10-16)18-5-4-8-21(14-18)24-22(26)19-6-3-7-20(23)13-19;3-2(4,5)1(6)7/h3-14H,15H2,1-2H3,(H,24,26);(H,6,7). The van der Waals surface area contributed by atoms with Gasteiger partial charge < -0.3 is 15.3 Å². The van der Waals surface area contributed by atoms with Crippen LogP contribution in [0.25, 0.3) is 11.1 Å². The molecular weight excluding hydrogens is 457 g/mol. The lowest BCUT2D eigenvalue weighted by Gasteiger charge is -2.11. The zero-order valence-corrected chi connectivity index (χ0v) is 18.6. The number of benzene rings is 3. The molecule has 0 saturated carbocycles. The lowest BCUT2D eigenvalue weighted by atomic mass is 10.0. The van der Waals surface area contributed by atoms with Crippen molar-refractivity contribution in [3.8, 4) is 11.1 Å². The Bertz CT molecular complexity index is 1100. The summed E-state index contributed by atoms with van der Waals surface area (Å²) in [5.74, 6) is -2.93. The van der Waals surface area contributed by atoms with Gasteiger partial charge in [0.2, 0.25) is 0 Å². The van der Waals surface area contributed by atoms with E-state index in [2.05, 4.69) is 48.6 Å². The van der Waals surface area contributed by atoms with E-state index in [4.69, 9.17) is 21.5 Å². The lowest BCUT2D eigenvalue weighted by molar-refractivity contribution is -0.192. The van der Waals surface area contributed by atoms with E-state index in [0.29, 0.717) is 10.6 Å². The van der Waals surface area contributed by atoms with Gasteiger partial charge in [0.15, 0.2) is 0 Å². The number of hydrogen-bond acceptors (Lipinski definition) is 3. The van der Waals surface area contributed by atoms with Crippen LogP contribution in [0, 0.1) is 0 Å². The first-order valence-corrected chi connectivity index (χ1v) is 10.0. The number of halogens is 4. The van der Waals surface area contributed by atoms with Crippen LogP contribution in [0.3, 0.4) is 0 Å². The summed E-state index contributed by atoms with van der Waals surface area (Å²) < 4.78 is 31.7. The van der Waals surface area contributed by atoms with Crippen molar-refractivity contribution in [2.75, 3.05) is 19.4 Å². The van der Waals surface area contributed by atoms with Crippen molar-refractivity contribution in [3.63, 3.8) is 0 Å². The summed E-state index contributed by atoms with van der Waals surface area (Å²) in [6.45, 7) is 0.913. The number of anilines is 1. The molecule has 0 radical (unpaired) electrons. The number of aliphatic carboxylic acids is 1. The van der Waals surface area contributed by atoms with Crippen LogP contribution in [-0.4, -0.2) is 42.2 Å². The molecule has 0 atom stereocenters. The van der Waals surface area contributed by atoms with Gasteiger partial charge in [-0.05, 0) is 61.1 Å². The fraction of sp³-hybridized carbons (Fsp3) is 0.167. The Morgan fingerprint density at radius 1 is 0.939 bits per heavy atom. The minimum Gasteiger partial charge on any atom is -0.475 e. The van der Waals surface area contributed by atoms with Crippen LogP contribution < -0.4 is 5.32 Å². The quantitative estimate of drug-likeness (QED) is 0.475. The predicted molar refractivity (Wildman–Crippen MR) is 122 cm³/mol. The number of carbonyl (C=O) groups is 2. The van der Waals surface area contributed by atoms with E-state index < -0.39 is 12.1 Å². The molecule has 9 heteroatoms. The van der Waals surface area contributed by atoms with Gasteiger partial charge in [0.1, 0.15) is 0 Å². The van der Waals surface area contributed by atoms with E-state index in [1.54, 1.807) is 24.3 Å². The second-order valence-electron chi connectivity index (χ2n) is 7.28. The predicted octanol–water partition coefficient (Wildman–Crippen LogP) is 5.95. The van der Waals surface area contributed by atoms with Crippen LogP contribution in [0.4, 0.5) is 18.9 Å². The van der Waals surface area contributed by atoms with Gasteiger partial charge in [-0.15, -0.1) is 0 Å². The highest BCUT2D eigenvalue weighted by Gasteiger charge is 2.38. The molecule has 2 N–H and O–H groups in total. The molecule has 0 fully saturated rings. The van der Waals surface area contributed by atoms with Crippen LogP contribution in [0.2, 0.25) is 5.02 Å². The molecule has 0 unspecified atom stereocenters. The van der Waals surface area contributed by atoms with E-state index >= 15 is 0 Å². The number of carboxylic acid groups (broad SMARTS) is 1. The average molecular weight is 479 g/mol. The summed E-state index contributed by atoms with van der Waals surface area (Å²) in [7, 11) is 4.11. The van der Waals surface area contributed by atoms with E-state index in [9.17, 15) is 18.0 Å². The Labute approximate surface area is 194 Å². The minimum atomic E-state index is -5.08. The van der Waals surface area contributed by atoms with Crippen molar-refractivity contribution >= 4 is 29.2 Å². The first-order chi connectivity index (χ1) is 15.5. The van der Waals surface area contributed by atoms with E-state index in [1.165, 1.54) is 5.56 Å². The molecule has 5 nitrogen and oxygen atoms in total. The average Bonchev–Trinajstić information content (AvgIpc) is 2.74. The smallest absolute Gasteiger partial charge is 0.475 e. The summed E-state index contributed by atoms with van der Waals surface area (Å²) in [4.78, 5) is 23.4. The van der Waals surface area contributed by atoms with Gasteiger partial charge in [0, 0.05) is 22.8 Å². The minimum absolute atomic E-state index is 0.175. The number of carbonyl (C=O) groups excluding carboxylic acids is 1.